The van der Waals surface area contributed by atoms with Gasteiger partial charge in [0.05, 0.1) is 0 Å². The van der Waals surface area contributed by atoms with E-state index in [0.717, 1.165) is 11.1 Å². The van der Waals surface area contributed by atoms with Gasteiger partial charge in [0, 0.05) is 18.9 Å². The molecule has 0 aliphatic rings. The van der Waals surface area contributed by atoms with Crippen LogP contribution in [0.1, 0.15) is 27.7 Å². The molecule has 3 N–H and O–H groups in total. The molecule has 0 unspecified atom stereocenters. The number of benzene rings is 2. The van der Waals surface area contributed by atoms with Crippen molar-refractivity contribution in [1.82, 2.24) is 15.4 Å². The molecule has 0 saturated heterocycles. The van der Waals surface area contributed by atoms with E-state index in [9.17, 15) is 9.59 Å². The van der Waals surface area contributed by atoms with Gasteiger partial charge < -0.3 is 9.88 Å². The van der Waals surface area contributed by atoms with E-state index in [-0.39, 0.29) is 11.8 Å². The Morgan fingerprint density at radius 1 is 0.926 bits per heavy atom. The first-order valence-corrected chi connectivity index (χ1v) is 8.64. The highest BCUT2D eigenvalue weighted by atomic mass is 16.2. The number of rotatable bonds is 6. The smallest absolute Gasteiger partial charge is 0.282 e. The molecule has 0 aliphatic heterocycles. The van der Waals surface area contributed by atoms with E-state index >= 15 is 0 Å². The lowest BCUT2D eigenvalue weighted by Crippen LogP contribution is -2.45. The number of nitrogens with zero attached hydrogens (tertiary/aromatic N) is 1. The minimum atomic E-state index is -0.739. The predicted octanol–water partition coefficient (Wildman–Crippen LogP) is 2.95. The Balaban J connectivity index is 1.75. The Morgan fingerprint density at radius 2 is 1.63 bits per heavy atom. The topological polar surface area (TPSA) is 75.2 Å². The number of hydrogen-bond acceptors (Lipinski definition) is 3. The third-order valence-corrected chi connectivity index (χ3v) is 4.22. The van der Waals surface area contributed by atoms with E-state index in [0.29, 0.717) is 11.4 Å². The van der Waals surface area contributed by atoms with E-state index in [2.05, 4.69) is 16.2 Å². The number of aromatic nitrogens is 1. The van der Waals surface area contributed by atoms with Crippen LogP contribution in [0.4, 0.5) is 5.69 Å². The molecule has 0 bridgehead atoms. The van der Waals surface area contributed by atoms with Gasteiger partial charge in [-0.15, -0.1) is 0 Å². The van der Waals surface area contributed by atoms with Crippen LogP contribution in [0.15, 0.2) is 72.9 Å². The fraction of sp³-hybridized carbons (Fsp3) is 0.143. The molecule has 3 rings (SSSR count). The molecule has 0 radical (unpaired) electrons. The monoisotopic (exact) mass is 362 g/mol. The average molecular weight is 362 g/mol. The average Bonchev–Trinajstić information content (AvgIpc) is 3.10. The number of nitrogens with one attached hydrogen (secondary N) is 3. The summed E-state index contributed by atoms with van der Waals surface area (Å²) in [6.45, 7) is 1.99. The highest BCUT2D eigenvalue weighted by Crippen LogP contribution is 2.16. The van der Waals surface area contributed by atoms with E-state index in [1.54, 1.807) is 29.9 Å². The van der Waals surface area contributed by atoms with Crippen molar-refractivity contribution in [2.24, 2.45) is 7.05 Å². The van der Waals surface area contributed by atoms with Crippen molar-refractivity contribution in [2.45, 2.75) is 13.0 Å². The zero-order chi connectivity index (χ0) is 19.2. The molecule has 138 valence electrons. The van der Waals surface area contributed by atoms with Gasteiger partial charge in [-0.05, 0) is 36.8 Å². The molecule has 0 saturated carbocycles. The summed E-state index contributed by atoms with van der Waals surface area (Å²) in [4.78, 5) is 25.2. The van der Waals surface area contributed by atoms with Gasteiger partial charge in [0.25, 0.3) is 5.91 Å². The summed E-state index contributed by atoms with van der Waals surface area (Å²) in [6.07, 6.45) is 1.79. The maximum absolute atomic E-state index is 12.8. The Kier molecular flexibility index (Phi) is 5.68. The van der Waals surface area contributed by atoms with Gasteiger partial charge in [0.1, 0.15) is 11.7 Å². The third-order valence-electron chi connectivity index (χ3n) is 4.22. The maximum atomic E-state index is 12.8. The Bertz CT molecular complexity index is 917. The molecule has 27 heavy (non-hydrogen) atoms. The van der Waals surface area contributed by atoms with Crippen molar-refractivity contribution in [3.8, 4) is 0 Å². The standard InChI is InChI=1S/C21H22N4O2/c1-15-10-12-17(13-11-15)22-21(27)19(16-7-4-3-5-8-16)23-24-20(26)18-9-6-14-25(18)2/h3-14,19,23H,1-2H3,(H,22,27)(H,24,26)/t19-/m1/s1. The lowest BCUT2D eigenvalue weighted by atomic mass is 10.1. The lowest BCUT2D eigenvalue weighted by Gasteiger charge is -2.19. The lowest BCUT2D eigenvalue weighted by molar-refractivity contribution is -0.118. The molecule has 1 heterocycles. The second-order valence-corrected chi connectivity index (χ2v) is 6.30. The van der Waals surface area contributed by atoms with Gasteiger partial charge >= 0.3 is 0 Å². The number of aryl methyl sites for hydroxylation is 2. The molecule has 0 spiro atoms. The molecule has 1 aromatic heterocycles. The van der Waals surface area contributed by atoms with Crippen molar-refractivity contribution in [1.29, 1.82) is 0 Å². The summed E-state index contributed by atoms with van der Waals surface area (Å²) in [7, 11) is 1.79. The van der Waals surface area contributed by atoms with Gasteiger partial charge in [-0.3, -0.25) is 15.0 Å². The highest BCUT2D eigenvalue weighted by molar-refractivity contribution is 5.96. The first-order valence-electron chi connectivity index (χ1n) is 8.64. The SMILES string of the molecule is Cc1ccc(NC(=O)[C@H](NNC(=O)c2cccn2C)c2ccccc2)cc1. The van der Waals surface area contributed by atoms with Crippen LogP contribution in [-0.4, -0.2) is 16.4 Å². The molecular weight excluding hydrogens is 340 g/mol. The molecule has 6 heteroatoms. The van der Waals surface area contributed by atoms with Gasteiger partial charge in [-0.1, -0.05) is 48.0 Å². The van der Waals surface area contributed by atoms with E-state index in [4.69, 9.17) is 0 Å². The Morgan fingerprint density at radius 3 is 2.26 bits per heavy atom. The van der Waals surface area contributed by atoms with E-state index in [1.165, 1.54) is 0 Å². The molecule has 0 aliphatic carbocycles. The third kappa shape index (κ3) is 4.62. The van der Waals surface area contributed by atoms with Gasteiger partial charge in [-0.25, -0.2) is 5.43 Å². The normalized spacial score (nSPS) is 11.6. The molecule has 2 aromatic carbocycles. The van der Waals surface area contributed by atoms with Crippen molar-refractivity contribution < 1.29 is 9.59 Å². The molecule has 2 amide bonds. The number of anilines is 1. The quantitative estimate of drug-likeness (QED) is 0.590. The number of hydrogen-bond donors (Lipinski definition) is 3. The van der Waals surface area contributed by atoms with Crippen molar-refractivity contribution in [3.05, 3.63) is 89.7 Å². The maximum Gasteiger partial charge on any atom is 0.282 e. The number of carbonyl (C=O) groups is 2. The Hall–Kier alpha value is -3.38. The van der Waals surface area contributed by atoms with Gasteiger partial charge in [0.15, 0.2) is 0 Å². The van der Waals surface area contributed by atoms with Crippen LogP contribution in [0, 0.1) is 6.92 Å². The van der Waals surface area contributed by atoms with Crippen LogP contribution >= 0.6 is 0 Å². The summed E-state index contributed by atoms with van der Waals surface area (Å²) in [5.41, 5.74) is 8.53. The molecular formula is C21H22N4O2. The second kappa shape index (κ2) is 8.33. The molecule has 3 aromatic rings. The number of amides is 2. The summed E-state index contributed by atoms with van der Waals surface area (Å²) in [6, 6.07) is 19.5. The highest BCUT2D eigenvalue weighted by Gasteiger charge is 2.22. The molecule has 1 atom stereocenters. The van der Waals surface area contributed by atoms with Crippen LogP contribution in [0.2, 0.25) is 0 Å². The first kappa shape index (κ1) is 18.4. The predicted molar refractivity (Wildman–Crippen MR) is 105 cm³/mol. The summed E-state index contributed by atoms with van der Waals surface area (Å²) < 4.78 is 1.71. The largest absolute Gasteiger partial charge is 0.347 e. The van der Waals surface area contributed by atoms with Crippen LogP contribution in [0.25, 0.3) is 0 Å². The zero-order valence-corrected chi connectivity index (χ0v) is 15.3. The minimum absolute atomic E-state index is 0.266. The second-order valence-electron chi connectivity index (χ2n) is 6.30. The van der Waals surface area contributed by atoms with Crippen LogP contribution < -0.4 is 16.2 Å². The number of hydrazine groups is 1. The van der Waals surface area contributed by atoms with Crippen molar-refractivity contribution in [2.75, 3.05) is 5.32 Å². The molecule has 0 fully saturated rings. The minimum Gasteiger partial charge on any atom is -0.347 e. The fourth-order valence-corrected chi connectivity index (χ4v) is 2.70. The van der Waals surface area contributed by atoms with Crippen molar-refractivity contribution >= 4 is 17.5 Å². The van der Waals surface area contributed by atoms with E-state index < -0.39 is 6.04 Å². The van der Waals surface area contributed by atoms with Crippen LogP contribution in [-0.2, 0) is 11.8 Å². The Labute approximate surface area is 158 Å². The number of carbonyl (C=O) groups excluding carboxylic acids is 2. The first-order chi connectivity index (χ1) is 13.0. The van der Waals surface area contributed by atoms with Gasteiger partial charge in [-0.2, -0.15) is 0 Å². The van der Waals surface area contributed by atoms with Gasteiger partial charge in [0.2, 0.25) is 5.91 Å². The molecule has 6 nitrogen and oxygen atoms in total. The summed E-state index contributed by atoms with van der Waals surface area (Å²) in [5.74, 6) is -0.580. The van der Waals surface area contributed by atoms with Crippen LogP contribution in [0.3, 0.4) is 0 Å². The van der Waals surface area contributed by atoms with E-state index in [1.807, 2.05) is 61.5 Å². The zero-order valence-electron chi connectivity index (χ0n) is 15.3. The summed E-state index contributed by atoms with van der Waals surface area (Å²) >= 11 is 0. The van der Waals surface area contributed by atoms with Crippen LogP contribution in [0.5, 0.6) is 0 Å². The van der Waals surface area contributed by atoms with Crippen molar-refractivity contribution in [3.63, 3.8) is 0 Å². The summed E-state index contributed by atoms with van der Waals surface area (Å²) in [5, 5.41) is 2.88. The fourth-order valence-electron chi connectivity index (χ4n) is 2.70.